The van der Waals surface area contributed by atoms with Gasteiger partial charge in [0.05, 0.1) is 0 Å². The van der Waals surface area contributed by atoms with E-state index in [1.54, 1.807) is 6.92 Å². The van der Waals surface area contributed by atoms with Crippen molar-refractivity contribution >= 4 is 5.78 Å². The van der Waals surface area contributed by atoms with Crippen molar-refractivity contribution in [1.29, 1.82) is 0 Å². The first-order chi connectivity index (χ1) is 6.22. The molecule has 0 aromatic heterocycles. The van der Waals surface area contributed by atoms with Gasteiger partial charge in [-0.15, -0.1) is 0 Å². The van der Waals surface area contributed by atoms with E-state index in [1.807, 2.05) is 0 Å². The van der Waals surface area contributed by atoms with Crippen LogP contribution in [0.25, 0.3) is 0 Å². The van der Waals surface area contributed by atoms with Crippen molar-refractivity contribution in [3.8, 4) is 0 Å². The van der Waals surface area contributed by atoms with Gasteiger partial charge in [0, 0.05) is 0 Å². The van der Waals surface area contributed by atoms with Crippen LogP contribution < -0.4 is 0 Å². The molecule has 0 aromatic carbocycles. The van der Waals surface area contributed by atoms with E-state index in [2.05, 4.69) is 19.9 Å². The van der Waals surface area contributed by atoms with Gasteiger partial charge in [0.15, 0.2) is 5.78 Å². The third-order valence-corrected chi connectivity index (χ3v) is 2.20. The standard InChI is InChI=1S/C12H22O/c1-4-6-8-10-12(11(3)13)9-7-5-2/h10H,4-9H2,1-3H3. The minimum atomic E-state index is 0.254. The van der Waals surface area contributed by atoms with Crippen molar-refractivity contribution in [2.24, 2.45) is 0 Å². The monoisotopic (exact) mass is 182 g/mol. The molecule has 1 heteroatoms. The Hall–Kier alpha value is -0.590. The van der Waals surface area contributed by atoms with E-state index in [0.29, 0.717) is 0 Å². The Morgan fingerprint density at radius 3 is 2.23 bits per heavy atom. The Morgan fingerprint density at radius 1 is 1.15 bits per heavy atom. The van der Waals surface area contributed by atoms with Gasteiger partial charge >= 0.3 is 0 Å². The molecule has 1 nitrogen and oxygen atoms in total. The number of ketones is 1. The summed E-state index contributed by atoms with van der Waals surface area (Å²) in [5, 5.41) is 0. The zero-order valence-corrected chi connectivity index (χ0v) is 9.23. The lowest BCUT2D eigenvalue weighted by atomic mass is 10.0. The van der Waals surface area contributed by atoms with Crippen molar-refractivity contribution in [3.63, 3.8) is 0 Å². The first kappa shape index (κ1) is 12.4. The second-order valence-electron chi connectivity index (χ2n) is 3.53. The zero-order valence-electron chi connectivity index (χ0n) is 9.23. The van der Waals surface area contributed by atoms with Gasteiger partial charge in [0.25, 0.3) is 0 Å². The van der Waals surface area contributed by atoms with Gasteiger partial charge in [0.2, 0.25) is 0 Å². The second kappa shape index (κ2) is 8.03. The van der Waals surface area contributed by atoms with E-state index >= 15 is 0 Å². The predicted molar refractivity (Wildman–Crippen MR) is 57.8 cm³/mol. The number of hydrogen-bond donors (Lipinski definition) is 0. The summed E-state index contributed by atoms with van der Waals surface area (Å²) < 4.78 is 0. The van der Waals surface area contributed by atoms with Gasteiger partial charge in [-0.2, -0.15) is 0 Å². The van der Waals surface area contributed by atoms with Crippen molar-refractivity contribution in [1.82, 2.24) is 0 Å². The van der Waals surface area contributed by atoms with Crippen LogP contribution >= 0.6 is 0 Å². The Morgan fingerprint density at radius 2 is 1.77 bits per heavy atom. The fourth-order valence-corrected chi connectivity index (χ4v) is 1.27. The Kier molecular flexibility index (Phi) is 7.66. The lowest BCUT2D eigenvalue weighted by Gasteiger charge is -2.01. The molecule has 0 bridgehead atoms. The molecule has 0 amide bonds. The zero-order chi connectivity index (χ0) is 10.1. The van der Waals surface area contributed by atoms with Crippen LogP contribution in [0.1, 0.15) is 59.3 Å². The highest BCUT2D eigenvalue weighted by Crippen LogP contribution is 2.10. The molecular weight excluding hydrogens is 160 g/mol. The summed E-state index contributed by atoms with van der Waals surface area (Å²) in [6.07, 6.45) is 8.86. The van der Waals surface area contributed by atoms with Crippen LogP contribution in [-0.2, 0) is 4.79 Å². The fraction of sp³-hybridized carbons (Fsp3) is 0.750. The van der Waals surface area contributed by atoms with Crippen molar-refractivity contribution in [2.75, 3.05) is 0 Å². The highest BCUT2D eigenvalue weighted by molar-refractivity contribution is 5.93. The van der Waals surface area contributed by atoms with Crippen LogP contribution in [0.2, 0.25) is 0 Å². The molecule has 0 fully saturated rings. The molecular formula is C12H22O. The number of Topliss-reactive ketones (excluding diaryl/α,β-unsaturated/α-hetero) is 1. The van der Waals surface area contributed by atoms with Gasteiger partial charge in [-0.1, -0.05) is 39.2 Å². The molecule has 0 unspecified atom stereocenters. The third kappa shape index (κ3) is 6.56. The highest BCUT2D eigenvalue weighted by Gasteiger charge is 2.01. The molecule has 0 N–H and O–H groups in total. The van der Waals surface area contributed by atoms with Crippen LogP contribution in [0, 0.1) is 0 Å². The number of allylic oxidation sites excluding steroid dienone is 2. The molecule has 0 aromatic rings. The minimum absolute atomic E-state index is 0.254. The normalized spacial score (nSPS) is 11.8. The highest BCUT2D eigenvalue weighted by atomic mass is 16.1. The quantitative estimate of drug-likeness (QED) is 0.431. The minimum Gasteiger partial charge on any atom is -0.295 e. The molecule has 0 aliphatic carbocycles. The molecule has 0 heterocycles. The van der Waals surface area contributed by atoms with Crippen LogP contribution in [0.4, 0.5) is 0 Å². The van der Waals surface area contributed by atoms with Gasteiger partial charge in [-0.3, -0.25) is 4.79 Å². The van der Waals surface area contributed by atoms with E-state index in [-0.39, 0.29) is 5.78 Å². The van der Waals surface area contributed by atoms with Crippen LogP contribution in [0.3, 0.4) is 0 Å². The van der Waals surface area contributed by atoms with Crippen LogP contribution in [0.5, 0.6) is 0 Å². The number of rotatable bonds is 7. The second-order valence-corrected chi connectivity index (χ2v) is 3.53. The molecule has 0 saturated heterocycles. The smallest absolute Gasteiger partial charge is 0.155 e. The SMILES string of the molecule is CCCCC=C(CCCC)C(C)=O. The maximum absolute atomic E-state index is 11.2. The molecule has 0 saturated carbocycles. The third-order valence-electron chi connectivity index (χ3n) is 2.20. The summed E-state index contributed by atoms with van der Waals surface area (Å²) in [7, 11) is 0. The van der Waals surface area contributed by atoms with Gasteiger partial charge in [-0.05, 0) is 31.8 Å². The molecule has 0 aliphatic heterocycles. The fourth-order valence-electron chi connectivity index (χ4n) is 1.27. The van der Waals surface area contributed by atoms with Crippen molar-refractivity contribution in [3.05, 3.63) is 11.6 Å². The van der Waals surface area contributed by atoms with Crippen molar-refractivity contribution in [2.45, 2.75) is 59.3 Å². The molecule has 0 atom stereocenters. The summed E-state index contributed by atoms with van der Waals surface area (Å²) in [5.74, 6) is 0.254. The lowest BCUT2D eigenvalue weighted by Crippen LogP contribution is -1.96. The molecule has 76 valence electrons. The van der Waals surface area contributed by atoms with E-state index in [9.17, 15) is 4.79 Å². The van der Waals surface area contributed by atoms with E-state index in [0.717, 1.165) is 24.8 Å². The Bertz CT molecular complexity index is 168. The van der Waals surface area contributed by atoms with Gasteiger partial charge < -0.3 is 0 Å². The Labute approximate surface area is 82.2 Å². The maximum Gasteiger partial charge on any atom is 0.155 e. The Balaban J connectivity index is 3.92. The van der Waals surface area contributed by atoms with E-state index in [4.69, 9.17) is 0 Å². The molecule has 0 spiro atoms. The molecule has 0 rings (SSSR count). The summed E-state index contributed by atoms with van der Waals surface area (Å²) in [5.41, 5.74) is 1.04. The van der Waals surface area contributed by atoms with E-state index in [1.165, 1.54) is 19.3 Å². The molecule has 0 aliphatic rings. The largest absolute Gasteiger partial charge is 0.295 e. The van der Waals surface area contributed by atoms with Crippen molar-refractivity contribution < 1.29 is 4.79 Å². The number of carbonyl (C=O) groups excluding carboxylic acids is 1. The van der Waals surface area contributed by atoms with Gasteiger partial charge in [-0.25, -0.2) is 0 Å². The van der Waals surface area contributed by atoms with E-state index < -0.39 is 0 Å². The topological polar surface area (TPSA) is 17.1 Å². The molecule has 0 radical (unpaired) electrons. The average molecular weight is 182 g/mol. The first-order valence-corrected chi connectivity index (χ1v) is 5.42. The number of carbonyl (C=O) groups is 1. The lowest BCUT2D eigenvalue weighted by molar-refractivity contribution is -0.113. The average Bonchev–Trinajstić information content (AvgIpc) is 2.10. The predicted octanol–water partition coefficient (Wildman–Crippen LogP) is 3.88. The van der Waals surface area contributed by atoms with Crippen LogP contribution in [0.15, 0.2) is 11.6 Å². The summed E-state index contributed by atoms with van der Waals surface area (Å²) in [6.45, 7) is 6.00. The molecule has 13 heavy (non-hydrogen) atoms. The first-order valence-electron chi connectivity index (χ1n) is 5.42. The number of hydrogen-bond acceptors (Lipinski definition) is 1. The van der Waals surface area contributed by atoms with Crippen LogP contribution in [-0.4, -0.2) is 5.78 Å². The summed E-state index contributed by atoms with van der Waals surface area (Å²) >= 11 is 0. The summed E-state index contributed by atoms with van der Waals surface area (Å²) in [6, 6.07) is 0. The maximum atomic E-state index is 11.2. The summed E-state index contributed by atoms with van der Waals surface area (Å²) in [4.78, 5) is 11.2. The number of unbranched alkanes of at least 4 members (excludes halogenated alkanes) is 3. The van der Waals surface area contributed by atoms with Gasteiger partial charge in [0.1, 0.15) is 0 Å².